The Morgan fingerprint density at radius 1 is 0.667 bits per heavy atom. The fourth-order valence-electron chi connectivity index (χ4n) is 2.16. The highest BCUT2D eigenvalue weighted by molar-refractivity contribution is 6.11. The van der Waals surface area contributed by atoms with Crippen LogP contribution in [-0.4, -0.2) is 7.85 Å². The molecule has 0 spiro atoms. The first-order chi connectivity index (χ1) is 7.31. The van der Waals surface area contributed by atoms with E-state index < -0.39 is 0 Å². The van der Waals surface area contributed by atoms with Crippen molar-refractivity contribution in [3.05, 3.63) is 0 Å². The Labute approximate surface area is 98.6 Å². The van der Waals surface area contributed by atoms with Gasteiger partial charge in [0.05, 0.1) is 0 Å². The van der Waals surface area contributed by atoms with Crippen LogP contribution in [-0.2, 0) is 0 Å². The molecule has 0 aromatic heterocycles. The minimum Gasteiger partial charge on any atom is -0.0697 e. The van der Waals surface area contributed by atoms with Gasteiger partial charge in [-0.25, -0.2) is 0 Å². The zero-order chi connectivity index (χ0) is 11.4. The van der Waals surface area contributed by atoms with Gasteiger partial charge < -0.3 is 0 Å². The van der Waals surface area contributed by atoms with E-state index in [0.29, 0.717) is 0 Å². The number of hydrogen-bond donors (Lipinski definition) is 0. The van der Waals surface area contributed by atoms with E-state index in [9.17, 15) is 0 Å². The zero-order valence-corrected chi connectivity index (χ0v) is 11.4. The average molecular weight is 210 g/mol. The maximum atomic E-state index is 2.44. The van der Waals surface area contributed by atoms with Crippen LogP contribution in [0.5, 0.6) is 0 Å². The van der Waals surface area contributed by atoms with Gasteiger partial charge in [-0.2, -0.15) is 0 Å². The Bertz CT molecular complexity index is 112. The third kappa shape index (κ3) is 12.0. The van der Waals surface area contributed by atoms with Crippen molar-refractivity contribution in [2.75, 3.05) is 0 Å². The summed E-state index contributed by atoms with van der Waals surface area (Å²) in [6.45, 7) is 4.58. The third-order valence-corrected chi connectivity index (χ3v) is 3.35. The molecule has 1 unspecified atom stereocenters. The van der Waals surface area contributed by atoms with Crippen LogP contribution in [0.1, 0.15) is 84.5 Å². The van der Waals surface area contributed by atoms with E-state index in [0.717, 1.165) is 5.82 Å². The smallest absolute Gasteiger partial charge is 0.0697 e. The highest BCUT2D eigenvalue weighted by Crippen LogP contribution is 2.20. The maximum Gasteiger partial charge on any atom is 0.105 e. The van der Waals surface area contributed by atoms with Crippen molar-refractivity contribution in [1.29, 1.82) is 0 Å². The van der Waals surface area contributed by atoms with E-state index in [1.165, 1.54) is 70.6 Å². The molecule has 0 saturated heterocycles. The second-order valence-corrected chi connectivity index (χ2v) is 5.16. The van der Waals surface area contributed by atoms with E-state index in [1.54, 1.807) is 0 Å². The zero-order valence-electron chi connectivity index (χ0n) is 11.4. The summed E-state index contributed by atoms with van der Waals surface area (Å²) in [7, 11) is 2.44. The summed E-state index contributed by atoms with van der Waals surface area (Å²) < 4.78 is 0. The van der Waals surface area contributed by atoms with Crippen molar-refractivity contribution in [3.63, 3.8) is 0 Å². The molecule has 0 aliphatic carbocycles. The summed E-state index contributed by atoms with van der Waals surface area (Å²) in [5.74, 6) is 0.975. The first kappa shape index (κ1) is 15.1. The molecule has 0 aliphatic heterocycles. The summed E-state index contributed by atoms with van der Waals surface area (Å²) in [5.41, 5.74) is 0. The van der Waals surface area contributed by atoms with Gasteiger partial charge in [0.2, 0.25) is 0 Å². The highest BCUT2D eigenvalue weighted by Gasteiger charge is 2.01. The SMILES string of the molecule is BC(CCCCCC)CCCCCCC. The summed E-state index contributed by atoms with van der Waals surface area (Å²) in [6, 6.07) is 0. The molecule has 0 aliphatic rings. The van der Waals surface area contributed by atoms with Crippen molar-refractivity contribution < 1.29 is 0 Å². The second kappa shape index (κ2) is 12.1. The summed E-state index contributed by atoms with van der Waals surface area (Å²) in [4.78, 5) is 0. The third-order valence-electron chi connectivity index (χ3n) is 3.35. The Morgan fingerprint density at radius 2 is 1.07 bits per heavy atom. The number of hydrogen-bond acceptors (Lipinski definition) is 0. The highest BCUT2D eigenvalue weighted by atomic mass is 14.0. The molecule has 0 aromatic carbocycles. The lowest BCUT2D eigenvalue weighted by Crippen LogP contribution is -1.93. The molecular formula is C14H31B. The lowest BCUT2D eigenvalue weighted by molar-refractivity contribution is 0.547. The van der Waals surface area contributed by atoms with Crippen molar-refractivity contribution in [3.8, 4) is 0 Å². The van der Waals surface area contributed by atoms with E-state index in [4.69, 9.17) is 0 Å². The molecule has 0 saturated carbocycles. The van der Waals surface area contributed by atoms with E-state index >= 15 is 0 Å². The average Bonchev–Trinajstić information content (AvgIpc) is 2.24. The van der Waals surface area contributed by atoms with Crippen LogP contribution in [0.3, 0.4) is 0 Å². The molecule has 1 heteroatoms. The number of rotatable bonds is 11. The van der Waals surface area contributed by atoms with Gasteiger partial charge in [0.1, 0.15) is 7.85 Å². The molecule has 0 N–H and O–H groups in total. The van der Waals surface area contributed by atoms with Gasteiger partial charge in [-0.1, -0.05) is 90.3 Å². The molecule has 0 nitrogen and oxygen atoms in total. The molecule has 0 rings (SSSR count). The minimum atomic E-state index is 0.975. The Morgan fingerprint density at radius 3 is 1.53 bits per heavy atom. The van der Waals surface area contributed by atoms with Crippen LogP contribution in [0.2, 0.25) is 5.82 Å². The molecule has 0 heterocycles. The predicted octanol–water partition coefficient (Wildman–Crippen LogP) is 4.74. The van der Waals surface area contributed by atoms with Crippen LogP contribution < -0.4 is 0 Å². The van der Waals surface area contributed by atoms with E-state index in [-0.39, 0.29) is 0 Å². The molecule has 0 amide bonds. The van der Waals surface area contributed by atoms with Crippen molar-refractivity contribution in [2.24, 2.45) is 0 Å². The van der Waals surface area contributed by atoms with E-state index in [2.05, 4.69) is 21.7 Å². The summed E-state index contributed by atoms with van der Waals surface area (Å²) in [5, 5.41) is 0. The van der Waals surface area contributed by atoms with Gasteiger partial charge in [0, 0.05) is 0 Å². The normalized spacial score (nSPS) is 12.9. The quantitative estimate of drug-likeness (QED) is 0.341. The first-order valence-electron chi connectivity index (χ1n) is 7.31. The fraction of sp³-hybridized carbons (Fsp3) is 1.00. The maximum absolute atomic E-state index is 2.44. The summed E-state index contributed by atoms with van der Waals surface area (Å²) >= 11 is 0. The van der Waals surface area contributed by atoms with Gasteiger partial charge in [-0.15, -0.1) is 0 Å². The monoisotopic (exact) mass is 210 g/mol. The first-order valence-corrected chi connectivity index (χ1v) is 7.31. The van der Waals surface area contributed by atoms with Crippen molar-refractivity contribution >= 4 is 7.85 Å². The Balaban J connectivity index is 3.08. The van der Waals surface area contributed by atoms with Crippen LogP contribution in [0.15, 0.2) is 0 Å². The molecule has 0 fully saturated rings. The van der Waals surface area contributed by atoms with Crippen LogP contribution in [0.4, 0.5) is 0 Å². The fourth-order valence-corrected chi connectivity index (χ4v) is 2.16. The van der Waals surface area contributed by atoms with Crippen LogP contribution in [0, 0.1) is 0 Å². The van der Waals surface area contributed by atoms with Gasteiger partial charge in [0.25, 0.3) is 0 Å². The molecule has 1 atom stereocenters. The standard InChI is InChI=1S/C14H31B/c1-3-5-7-9-11-13-14(15)12-10-8-6-4-2/h14H,3-13,15H2,1-2H3. The van der Waals surface area contributed by atoms with Gasteiger partial charge in [0.15, 0.2) is 0 Å². The minimum absolute atomic E-state index is 0.975. The van der Waals surface area contributed by atoms with E-state index in [1.807, 2.05) is 0 Å². The predicted molar refractivity (Wildman–Crippen MR) is 74.4 cm³/mol. The van der Waals surface area contributed by atoms with Crippen LogP contribution >= 0.6 is 0 Å². The van der Waals surface area contributed by atoms with Crippen molar-refractivity contribution in [2.45, 2.75) is 90.3 Å². The van der Waals surface area contributed by atoms with Gasteiger partial charge in [-0.05, 0) is 0 Å². The molecule has 15 heavy (non-hydrogen) atoms. The van der Waals surface area contributed by atoms with Gasteiger partial charge in [-0.3, -0.25) is 0 Å². The molecule has 90 valence electrons. The van der Waals surface area contributed by atoms with Gasteiger partial charge >= 0.3 is 0 Å². The lowest BCUT2D eigenvalue weighted by atomic mass is 9.79. The molecule has 0 bridgehead atoms. The molecule has 0 aromatic rings. The second-order valence-electron chi connectivity index (χ2n) is 5.16. The Hall–Kier alpha value is 0.0649. The van der Waals surface area contributed by atoms with Crippen molar-refractivity contribution in [1.82, 2.24) is 0 Å². The Kier molecular flexibility index (Phi) is 12.2. The van der Waals surface area contributed by atoms with Crippen LogP contribution in [0.25, 0.3) is 0 Å². The number of unbranched alkanes of at least 4 members (excludes halogenated alkanes) is 7. The molecule has 0 radical (unpaired) electrons. The lowest BCUT2D eigenvalue weighted by Gasteiger charge is -2.10. The molecular weight excluding hydrogens is 179 g/mol. The topological polar surface area (TPSA) is 0 Å². The summed E-state index contributed by atoms with van der Waals surface area (Å²) in [6.07, 6.45) is 15.8. The largest absolute Gasteiger partial charge is 0.105 e.